The molecular formula is C9H8F3NS. The summed E-state index contributed by atoms with van der Waals surface area (Å²) in [6.45, 7) is 0. The van der Waals surface area contributed by atoms with Crippen molar-refractivity contribution in [2.24, 2.45) is 5.73 Å². The summed E-state index contributed by atoms with van der Waals surface area (Å²) in [5.74, 6) is 0. The Labute approximate surface area is 84.7 Å². The van der Waals surface area contributed by atoms with E-state index in [2.05, 4.69) is 12.2 Å². The second-order valence-electron chi connectivity index (χ2n) is 2.80. The van der Waals surface area contributed by atoms with Crippen molar-refractivity contribution in [2.45, 2.75) is 12.6 Å². The first-order valence-electron chi connectivity index (χ1n) is 3.84. The van der Waals surface area contributed by atoms with Gasteiger partial charge in [0.2, 0.25) is 0 Å². The highest BCUT2D eigenvalue weighted by molar-refractivity contribution is 7.80. The van der Waals surface area contributed by atoms with Gasteiger partial charge < -0.3 is 5.73 Å². The Morgan fingerprint density at radius 3 is 2.36 bits per heavy atom. The molecule has 0 amide bonds. The smallest absolute Gasteiger partial charge is 0.393 e. The van der Waals surface area contributed by atoms with Gasteiger partial charge >= 0.3 is 6.18 Å². The first-order chi connectivity index (χ1) is 6.41. The van der Waals surface area contributed by atoms with E-state index in [0.29, 0.717) is 0 Å². The SMILES string of the molecule is NC(=S)Cc1ccccc1C(F)(F)F. The average Bonchev–Trinajstić information content (AvgIpc) is 2.01. The van der Waals surface area contributed by atoms with Crippen molar-refractivity contribution in [1.29, 1.82) is 0 Å². The van der Waals surface area contributed by atoms with Gasteiger partial charge in [-0.2, -0.15) is 13.2 Å². The molecule has 0 radical (unpaired) electrons. The number of hydrogen-bond acceptors (Lipinski definition) is 1. The monoisotopic (exact) mass is 219 g/mol. The van der Waals surface area contributed by atoms with Gasteiger partial charge in [-0.05, 0) is 11.6 Å². The largest absolute Gasteiger partial charge is 0.416 e. The van der Waals surface area contributed by atoms with Crippen molar-refractivity contribution in [3.05, 3.63) is 35.4 Å². The van der Waals surface area contributed by atoms with Gasteiger partial charge in [-0.1, -0.05) is 30.4 Å². The van der Waals surface area contributed by atoms with Crippen LogP contribution in [0.2, 0.25) is 0 Å². The fraction of sp³-hybridized carbons (Fsp3) is 0.222. The zero-order valence-electron chi connectivity index (χ0n) is 7.14. The third kappa shape index (κ3) is 2.70. The number of alkyl halides is 3. The van der Waals surface area contributed by atoms with Gasteiger partial charge in [-0.3, -0.25) is 0 Å². The summed E-state index contributed by atoms with van der Waals surface area (Å²) in [6.07, 6.45) is -4.37. The Bertz CT molecular complexity index is 346. The first kappa shape index (κ1) is 11.0. The van der Waals surface area contributed by atoms with Gasteiger partial charge in [0.05, 0.1) is 10.6 Å². The molecule has 0 aliphatic rings. The molecule has 1 aromatic carbocycles. The molecule has 0 aliphatic heterocycles. The molecule has 5 heteroatoms. The zero-order chi connectivity index (χ0) is 10.8. The molecule has 0 heterocycles. The Morgan fingerprint density at radius 1 is 1.29 bits per heavy atom. The minimum absolute atomic E-state index is 0.0228. The van der Waals surface area contributed by atoms with E-state index < -0.39 is 11.7 Å². The van der Waals surface area contributed by atoms with E-state index >= 15 is 0 Å². The molecule has 0 atom stereocenters. The molecule has 0 unspecified atom stereocenters. The Kier molecular flexibility index (Phi) is 3.10. The van der Waals surface area contributed by atoms with E-state index in [1.165, 1.54) is 18.2 Å². The molecule has 0 fully saturated rings. The second-order valence-corrected chi connectivity index (χ2v) is 3.32. The van der Waals surface area contributed by atoms with Crippen LogP contribution in [0.15, 0.2) is 24.3 Å². The summed E-state index contributed by atoms with van der Waals surface area (Å²) in [4.78, 5) is 0.0571. The van der Waals surface area contributed by atoms with Crippen molar-refractivity contribution in [1.82, 2.24) is 0 Å². The summed E-state index contributed by atoms with van der Waals surface area (Å²) in [5.41, 5.74) is 4.65. The lowest BCUT2D eigenvalue weighted by atomic mass is 10.0. The third-order valence-electron chi connectivity index (χ3n) is 1.69. The average molecular weight is 219 g/mol. The second kappa shape index (κ2) is 3.96. The van der Waals surface area contributed by atoms with Crippen LogP contribution in [0.25, 0.3) is 0 Å². The minimum Gasteiger partial charge on any atom is -0.393 e. The van der Waals surface area contributed by atoms with Crippen LogP contribution in [0.3, 0.4) is 0 Å². The van der Waals surface area contributed by atoms with E-state index in [1.54, 1.807) is 0 Å². The van der Waals surface area contributed by atoms with Crippen LogP contribution in [0.4, 0.5) is 13.2 Å². The molecule has 1 aromatic rings. The van der Waals surface area contributed by atoms with Crippen LogP contribution in [0.5, 0.6) is 0 Å². The molecule has 76 valence electrons. The molecule has 1 nitrogen and oxygen atoms in total. The van der Waals surface area contributed by atoms with Crippen LogP contribution in [0, 0.1) is 0 Å². The zero-order valence-corrected chi connectivity index (χ0v) is 7.95. The highest BCUT2D eigenvalue weighted by Gasteiger charge is 2.32. The summed E-state index contributed by atoms with van der Waals surface area (Å²) in [6, 6.07) is 5.27. The highest BCUT2D eigenvalue weighted by Crippen LogP contribution is 2.31. The number of thiocarbonyl (C=S) groups is 1. The predicted octanol–water partition coefficient (Wildman–Crippen LogP) is 2.53. The first-order valence-corrected chi connectivity index (χ1v) is 4.25. The summed E-state index contributed by atoms with van der Waals surface area (Å²) < 4.78 is 37.2. The Hall–Kier alpha value is -1.10. The lowest BCUT2D eigenvalue weighted by molar-refractivity contribution is -0.138. The molecule has 2 N–H and O–H groups in total. The van der Waals surface area contributed by atoms with E-state index in [-0.39, 0.29) is 17.0 Å². The van der Waals surface area contributed by atoms with E-state index in [1.807, 2.05) is 0 Å². The van der Waals surface area contributed by atoms with Crippen molar-refractivity contribution in [2.75, 3.05) is 0 Å². The summed E-state index contributed by atoms with van der Waals surface area (Å²) in [7, 11) is 0. The topological polar surface area (TPSA) is 26.0 Å². The molecule has 0 saturated heterocycles. The highest BCUT2D eigenvalue weighted by atomic mass is 32.1. The van der Waals surface area contributed by atoms with Gasteiger partial charge in [0.25, 0.3) is 0 Å². The quantitative estimate of drug-likeness (QED) is 0.773. The van der Waals surface area contributed by atoms with Crippen LogP contribution in [0.1, 0.15) is 11.1 Å². The predicted molar refractivity (Wildman–Crippen MR) is 51.9 cm³/mol. The van der Waals surface area contributed by atoms with Crippen LogP contribution in [-0.4, -0.2) is 4.99 Å². The Morgan fingerprint density at radius 2 is 1.86 bits per heavy atom. The third-order valence-corrected chi connectivity index (χ3v) is 1.83. The lowest BCUT2D eigenvalue weighted by Gasteiger charge is -2.11. The molecule has 0 aliphatic carbocycles. The Balaban J connectivity index is 3.10. The lowest BCUT2D eigenvalue weighted by Crippen LogP contribution is -2.16. The van der Waals surface area contributed by atoms with Crippen LogP contribution >= 0.6 is 12.2 Å². The van der Waals surface area contributed by atoms with Crippen molar-refractivity contribution in [3.8, 4) is 0 Å². The van der Waals surface area contributed by atoms with E-state index in [0.717, 1.165) is 6.07 Å². The standard InChI is InChI=1S/C9H8F3NS/c10-9(11,12)7-4-2-1-3-6(7)5-8(13)14/h1-4H,5H2,(H2,13,14). The van der Waals surface area contributed by atoms with Gasteiger partial charge in [0.15, 0.2) is 0 Å². The van der Waals surface area contributed by atoms with E-state index in [4.69, 9.17) is 5.73 Å². The van der Waals surface area contributed by atoms with Crippen LogP contribution in [-0.2, 0) is 12.6 Å². The van der Waals surface area contributed by atoms with Crippen molar-refractivity contribution < 1.29 is 13.2 Å². The van der Waals surface area contributed by atoms with E-state index in [9.17, 15) is 13.2 Å². The maximum atomic E-state index is 12.4. The van der Waals surface area contributed by atoms with Gasteiger partial charge in [-0.25, -0.2) is 0 Å². The number of halogens is 3. The molecule has 0 aromatic heterocycles. The molecule has 0 saturated carbocycles. The van der Waals surface area contributed by atoms with Crippen molar-refractivity contribution >= 4 is 17.2 Å². The van der Waals surface area contributed by atoms with Crippen molar-refractivity contribution in [3.63, 3.8) is 0 Å². The minimum atomic E-state index is -4.35. The summed E-state index contributed by atoms with van der Waals surface area (Å²) in [5, 5.41) is 0. The molecular weight excluding hydrogens is 211 g/mol. The fourth-order valence-corrected chi connectivity index (χ4v) is 1.29. The molecule has 0 bridgehead atoms. The maximum absolute atomic E-state index is 12.4. The number of hydrogen-bond donors (Lipinski definition) is 1. The summed E-state index contributed by atoms with van der Waals surface area (Å²) >= 11 is 4.57. The normalized spacial score (nSPS) is 11.4. The van der Waals surface area contributed by atoms with Gasteiger partial charge in [0, 0.05) is 6.42 Å². The molecule has 14 heavy (non-hydrogen) atoms. The maximum Gasteiger partial charge on any atom is 0.416 e. The van der Waals surface area contributed by atoms with Crippen LogP contribution < -0.4 is 5.73 Å². The number of nitrogens with two attached hydrogens (primary N) is 1. The number of benzene rings is 1. The fourth-order valence-electron chi connectivity index (χ4n) is 1.14. The molecule has 0 spiro atoms. The van der Waals surface area contributed by atoms with Gasteiger partial charge in [0.1, 0.15) is 0 Å². The van der Waals surface area contributed by atoms with Gasteiger partial charge in [-0.15, -0.1) is 0 Å². The number of rotatable bonds is 2. The molecule has 1 rings (SSSR count).